The molecule has 3 aromatic rings. The summed E-state index contributed by atoms with van der Waals surface area (Å²) in [5, 5.41) is 2.83. The number of methoxy groups -OCH3 is 2. The van der Waals surface area contributed by atoms with Crippen LogP contribution >= 0.6 is 0 Å². The molecular weight excluding hydrogens is 502 g/mol. The summed E-state index contributed by atoms with van der Waals surface area (Å²) in [6, 6.07) is 12.4. The lowest BCUT2D eigenvalue weighted by molar-refractivity contribution is -0.123. The van der Waals surface area contributed by atoms with Gasteiger partial charge in [-0.1, -0.05) is 12.1 Å². The Morgan fingerprint density at radius 1 is 1.08 bits per heavy atom. The maximum Gasteiger partial charge on any atom is 0.339 e. The summed E-state index contributed by atoms with van der Waals surface area (Å²) in [6.45, 7) is 1.12. The molecule has 1 unspecified atom stereocenters. The second-order valence-corrected chi connectivity index (χ2v) is 9.22. The van der Waals surface area contributed by atoms with Crippen molar-refractivity contribution in [1.29, 1.82) is 0 Å². The van der Waals surface area contributed by atoms with Gasteiger partial charge in [-0.25, -0.2) is 4.79 Å². The van der Waals surface area contributed by atoms with Crippen LogP contribution < -0.4 is 19.5 Å². The summed E-state index contributed by atoms with van der Waals surface area (Å²) in [7, 11) is 2.82. The van der Waals surface area contributed by atoms with Crippen molar-refractivity contribution in [3.05, 3.63) is 82.7 Å². The lowest BCUT2D eigenvalue weighted by Crippen LogP contribution is -2.40. The van der Waals surface area contributed by atoms with Crippen molar-refractivity contribution >= 4 is 17.8 Å². The van der Waals surface area contributed by atoms with E-state index in [0.717, 1.165) is 16.7 Å². The predicted octanol–water partition coefficient (Wildman–Crippen LogP) is 2.94. The van der Waals surface area contributed by atoms with Crippen LogP contribution in [0.2, 0.25) is 0 Å². The predicted molar refractivity (Wildman–Crippen MR) is 140 cm³/mol. The molecule has 2 amide bonds. The molecule has 0 radical (unpaired) electrons. The zero-order chi connectivity index (χ0) is 27.4. The number of carbonyl (C=O) groups is 3. The number of aromatic nitrogens is 1. The fourth-order valence-electron chi connectivity index (χ4n) is 4.89. The minimum absolute atomic E-state index is 0.146. The molecule has 39 heavy (non-hydrogen) atoms. The Bertz CT molecular complexity index is 1410. The first-order valence-corrected chi connectivity index (χ1v) is 12.7. The fraction of sp³-hybridized carbons (Fsp3) is 0.310. The SMILES string of the molecule is COC(=O)c1cncc(C(=O)N2CCc3cc4c(OC)cc3C2c2cccc(c2)OCCCNC(=O)CO4)c1. The Hall–Kier alpha value is -4.60. The number of amides is 2. The first-order chi connectivity index (χ1) is 19.0. The van der Waals surface area contributed by atoms with E-state index in [1.54, 1.807) is 4.90 Å². The third kappa shape index (κ3) is 5.50. The molecule has 3 aliphatic rings. The molecule has 1 atom stereocenters. The van der Waals surface area contributed by atoms with Crippen molar-refractivity contribution in [3.8, 4) is 17.2 Å². The molecular formula is C29H29N3O7. The smallest absolute Gasteiger partial charge is 0.339 e. The average Bonchev–Trinajstić information content (AvgIpc) is 2.97. The van der Waals surface area contributed by atoms with Crippen molar-refractivity contribution in [2.75, 3.05) is 40.5 Å². The van der Waals surface area contributed by atoms with Gasteiger partial charge in [0.2, 0.25) is 0 Å². The van der Waals surface area contributed by atoms with Crippen LogP contribution in [0.15, 0.2) is 54.9 Å². The Kier molecular flexibility index (Phi) is 7.62. The second-order valence-electron chi connectivity index (χ2n) is 9.22. The summed E-state index contributed by atoms with van der Waals surface area (Å²) in [4.78, 5) is 44.2. The Morgan fingerprint density at radius 2 is 1.92 bits per heavy atom. The highest BCUT2D eigenvalue weighted by Crippen LogP contribution is 2.42. The fourth-order valence-corrected chi connectivity index (χ4v) is 4.89. The van der Waals surface area contributed by atoms with Gasteiger partial charge in [0.05, 0.1) is 38.0 Å². The van der Waals surface area contributed by atoms with E-state index in [4.69, 9.17) is 18.9 Å². The number of rotatable bonds is 3. The van der Waals surface area contributed by atoms with Crippen molar-refractivity contribution in [3.63, 3.8) is 0 Å². The molecule has 0 aliphatic carbocycles. The minimum atomic E-state index is -0.568. The molecule has 0 fully saturated rings. The average molecular weight is 532 g/mol. The number of esters is 1. The van der Waals surface area contributed by atoms with Crippen LogP contribution in [0.25, 0.3) is 0 Å². The van der Waals surface area contributed by atoms with Gasteiger partial charge in [-0.2, -0.15) is 0 Å². The molecule has 202 valence electrons. The van der Waals surface area contributed by atoms with E-state index in [1.165, 1.54) is 32.7 Å². The molecule has 0 spiro atoms. The molecule has 1 N–H and O–H groups in total. The second kappa shape index (κ2) is 11.4. The van der Waals surface area contributed by atoms with E-state index in [-0.39, 0.29) is 29.5 Å². The number of fused-ring (bicyclic) bond motifs is 8. The van der Waals surface area contributed by atoms with Crippen LogP contribution in [0.5, 0.6) is 17.2 Å². The molecule has 3 aliphatic heterocycles. The first kappa shape index (κ1) is 26.0. The van der Waals surface area contributed by atoms with Gasteiger partial charge in [0.1, 0.15) is 5.75 Å². The van der Waals surface area contributed by atoms with E-state index >= 15 is 0 Å². The van der Waals surface area contributed by atoms with Gasteiger partial charge in [-0.3, -0.25) is 14.6 Å². The van der Waals surface area contributed by atoms with Crippen LogP contribution in [0, 0.1) is 0 Å². The number of carbonyl (C=O) groups excluding carboxylic acids is 3. The van der Waals surface area contributed by atoms with Gasteiger partial charge in [0, 0.05) is 25.5 Å². The summed E-state index contributed by atoms with van der Waals surface area (Å²) in [5.74, 6) is 0.494. The molecule has 10 nitrogen and oxygen atoms in total. The Labute approximate surface area is 225 Å². The van der Waals surface area contributed by atoms with E-state index < -0.39 is 12.0 Å². The lowest BCUT2D eigenvalue weighted by Gasteiger charge is -2.38. The molecule has 6 bridgehead atoms. The number of hydrogen-bond acceptors (Lipinski definition) is 8. The summed E-state index contributed by atoms with van der Waals surface area (Å²) in [6.07, 6.45) is 3.98. The van der Waals surface area contributed by atoms with Crippen molar-refractivity contribution < 1.29 is 33.3 Å². The van der Waals surface area contributed by atoms with Crippen LogP contribution in [0.1, 0.15) is 49.9 Å². The van der Waals surface area contributed by atoms with Gasteiger partial charge >= 0.3 is 5.97 Å². The van der Waals surface area contributed by atoms with Crippen LogP contribution in [0.4, 0.5) is 0 Å². The van der Waals surface area contributed by atoms with E-state index in [0.29, 0.717) is 49.8 Å². The van der Waals surface area contributed by atoms with Gasteiger partial charge < -0.3 is 29.2 Å². The summed E-state index contributed by atoms with van der Waals surface area (Å²) >= 11 is 0. The highest BCUT2D eigenvalue weighted by molar-refractivity contribution is 5.98. The van der Waals surface area contributed by atoms with Gasteiger partial charge in [0.15, 0.2) is 18.1 Å². The maximum absolute atomic E-state index is 13.9. The molecule has 0 saturated carbocycles. The van der Waals surface area contributed by atoms with Crippen molar-refractivity contribution in [2.45, 2.75) is 18.9 Å². The molecule has 0 saturated heterocycles. The summed E-state index contributed by atoms with van der Waals surface area (Å²) < 4.78 is 22.2. The topological polar surface area (TPSA) is 116 Å². The van der Waals surface area contributed by atoms with E-state index in [9.17, 15) is 14.4 Å². The monoisotopic (exact) mass is 531 g/mol. The molecule has 6 rings (SSSR count). The number of pyridine rings is 1. The Morgan fingerprint density at radius 3 is 2.74 bits per heavy atom. The zero-order valence-electron chi connectivity index (χ0n) is 21.8. The van der Waals surface area contributed by atoms with Crippen molar-refractivity contribution in [1.82, 2.24) is 15.2 Å². The Balaban J connectivity index is 1.61. The van der Waals surface area contributed by atoms with E-state index in [2.05, 4.69) is 10.3 Å². The lowest BCUT2D eigenvalue weighted by atomic mass is 9.87. The van der Waals surface area contributed by atoms with Crippen LogP contribution in [-0.2, 0) is 16.0 Å². The number of hydrogen-bond donors (Lipinski definition) is 1. The number of ether oxygens (including phenoxy) is 4. The number of nitrogens with zero attached hydrogens (tertiary/aromatic N) is 2. The summed E-state index contributed by atoms with van der Waals surface area (Å²) in [5.41, 5.74) is 3.17. The molecule has 10 heteroatoms. The third-order valence-electron chi connectivity index (χ3n) is 6.77. The standard InChI is InChI=1S/C29H29N3O7/c1-36-24-14-23-18-7-9-32(28(34)20-11-21(16-30-15-20)29(35)37-2)27(23)19-5-3-6-22(12-19)38-10-4-8-31-26(33)17-39-25(24)13-18/h3,5-6,11-16,27H,4,7-10,17H2,1-2H3,(H,31,33). The minimum Gasteiger partial charge on any atom is -0.494 e. The highest BCUT2D eigenvalue weighted by atomic mass is 16.5. The first-order valence-electron chi connectivity index (χ1n) is 12.7. The molecule has 2 aromatic carbocycles. The third-order valence-corrected chi connectivity index (χ3v) is 6.77. The molecule has 1 aromatic heterocycles. The van der Waals surface area contributed by atoms with E-state index in [1.807, 2.05) is 36.4 Å². The maximum atomic E-state index is 13.9. The largest absolute Gasteiger partial charge is 0.494 e. The van der Waals surface area contributed by atoms with Crippen LogP contribution in [0.3, 0.4) is 0 Å². The van der Waals surface area contributed by atoms with Gasteiger partial charge in [0.25, 0.3) is 11.8 Å². The van der Waals surface area contributed by atoms with Gasteiger partial charge in [-0.15, -0.1) is 0 Å². The zero-order valence-corrected chi connectivity index (χ0v) is 21.8. The molecule has 4 heterocycles. The normalized spacial score (nSPS) is 16.9. The quantitative estimate of drug-likeness (QED) is 0.513. The van der Waals surface area contributed by atoms with Gasteiger partial charge in [-0.05, 0) is 59.9 Å². The van der Waals surface area contributed by atoms with Crippen LogP contribution in [-0.4, -0.2) is 68.2 Å². The number of nitrogens with one attached hydrogen (secondary N) is 1. The highest BCUT2D eigenvalue weighted by Gasteiger charge is 2.34. The van der Waals surface area contributed by atoms with Crippen molar-refractivity contribution in [2.24, 2.45) is 0 Å². The number of benzene rings is 2.